The molecule has 106 valence electrons. The third-order valence-corrected chi connectivity index (χ3v) is 3.37. The fourth-order valence-electron chi connectivity index (χ4n) is 2.13. The lowest BCUT2D eigenvalue weighted by molar-refractivity contribution is -0.120. The summed E-state index contributed by atoms with van der Waals surface area (Å²) in [5.74, 6) is -0.0680. The van der Waals surface area contributed by atoms with E-state index in [4.69, 9.17) is 11.6 Å². The van der Waals surface area contributed by atoms with Gasteiger partial charge in [0.25, 0.3) is 0 Å². The SMILES string of the molecule is O=C(Cc1c[nH]c2ncccc12)NCc1cc(Cl)ccn1. The third-order valence-electron chi connectivity index (χ3n) is 3.13. The average molecular weight is 301 g/mol. The van der Waals surface area contributed by atoms with Crippen molar-refractivity contribution in [2.45, 2.75) is 13.0 Å². The van der Waals surface area contributed by atoms with E-state index in [-0.39, 0.29) is 5.91 Å². The van der Waals surface area contributed by atoms with Gasteiger partial charge in [0.05, 0.1) is 18.7 Å². The van der Waals surface area contributed by atoms with Gasteiger partial charge in [-0.2, -0.15) is 0 Å². The highest BCUT2D eigenvalue weighted by Gasteiger charge is 2.09. The number of halogens is 1. The molecule has 3 aromatic heterocycles. The number of aromatic amines is 1. The van der Waals surface area contributed by atoms with Gasteiger partial charge in [0.15, 0.2) is 0 Å². The molecule has 3 aromatic rings. The van der Waals surface area contributed by atoms with Crippen LogP contribution < -0.4 is 5.32 Å². The number of amides is 1. The van der Waals surface area contributed by atoms with Crippen molar-refractivity contribution in [1.29, 1.82) is 0 Å². The number of fused-ring (bicyclic) bond motifs is 1. The molecule has 2 N–H and O–H groups in total. The second-order valence-corrected chi connectivity index (χ2v) is 5.07. The van der Waals surface area contributed by atoms with E-state index in [0.29, 0.717) is 18.0 Å². The Kier molecular flexibility index (Phi) is 3.83. The zero-order valence-electron chi connectivity index (χ0n) is 11.1. The lowest BCUT2D eigenvalue weighted by Gasteiger charge is -2.04. The molecule has 0 radical (unpaired) electrons. The highest BCUT2D eigenvalue weighted by molar-refractivity contribution is 6.30. The quantitative estimate of drug-likeness (QED) is 0.777. The second-order valence-electron chi connectivity index (χ2n) is 4.63. The molecule has 5 nitrogen and oxygen atoms in total. The number of nitrogens with zero attached hydrogens (tertiary/aromatic N) is 2. The highest BCUT2D eigenvalue weighted by Crippen LogP contribution is 2.16. The molecular weight excluding hydrogens is 288 g/mol. The first-order valence-corrected chi connectivity index (χ1v) is 6.88. The Morgan fingerprint density at radius 3 is 3.05 bits per heavy atom. The maximum atomic E-state index is 12.0. The van der Waals surface area contributed by atoms with Gasteiger partial charge in [-0.25, -0.2) is 4.98 Å². The summed E-state index contributed by atoms with van der Waals surface area (Å²) < 4.78 is 0. The molecule has 0 aliphatic carbocycles. The van der Waals surface area contributed by atoms with E-state index in [1.54, 1.807) is 24.5 Å². The number of H-pyrrole nitrogens is 1. The zero-order chi connectivity index (χ0) is 14.7. The van der Waals surface area contributed by atoms with Gasteiger partial charge in [-0.15, -0.1) is 0 Å². The van der Waals surface area contributed by atoms with E-state index in [1.165, 1.54) is 0 Å². The molecule has 3 rings (SSSR count). The first-order valence-electron chi connectivity index (χ1n) is 6.50. The topological polar surface area (TPSA) is 70.7 Å². The summed E-state index contributed by atoms with van der Waals surface area (Å²) >= 11 is 5.88. The highest BCUT2D eigenvalue weighted by atomic mass is 35.5. The van der Waals surface area contributed by atoms with Crippen molar-refractivity contribution in [2.75, 3.05) is 0 Å². The number of nitrogens with one attached hydrogen (secondary N) is 2. The summed E-state index contributed by atoms with van der Waals surface area (Å²) in [7, 11) is 0. The van der Waals surface area contributed by atoms with E-state index in [1.807, 2.05) is 18.3 Å². The molecule has 6 heteroatoms. The molecule has 0 saturated carbocycles. The standard InChI is InChI=1S/C15H13ClN4O/c16-11-3-5-17-12(7-11)9-19-14(21)6-10-8-20-15-13(10)2-1-4-18-15/h1-5,7-8H,6,9H2,(H,18,20)(H,19,21). The molecule has 0 spiro atoms. The summed E-state index contributed by atoms with van der Waals surface area (Å²) in [6, 6.07) is 7.23. The van der Waals surface area contributed by atoms with Crippen molar-refractivity contribution in [1.82, 2.24) is 20.3 Å². The molecule has 21 heavy (non-hydrogen) atoms. The molecule has 0 aromatic carbocycles. The van der Waals surface area contributed by atoms with E-state index in [2.05, 4.69) is 20.3 Å². The van der Waals surface area contributed by atoms with Crippen LogP contribution in [0.1, 0.15) is 11.3 Å². The monoisotopic (exact) mass is 300 g/mol. The Labute approximate surface area is 126 Å². The largest absolute Gasteiger partial charge is 0.350 e. The van der Waals surface area contributed by atoms with Gasteiger partial charge in [0.2, 0.25) is 5.91 Å². The summed E-state index contributed by atoms with van der Waals surface area (Å²) in [5, 5.41) is 4.41. The minimum atomic E-state index is -0.0680. The summed E-state index contributed by atoms with van der Waals surface area (Å²) in [6.45, 7) is 0.361. The second kappa shape index (κ2) is 5.93. The van der Waals surface area contributed by atoms with Gasteiger partial charge in [-0.05, 0) is 29.8 Å². The van der Waals surface area contributed by atoms with Crippen LogP contribution in [0, 0.1) is 0 Å². The van der Waals surface area contributed by atoms with Crippen LogP contribution in [0.5, 0.6) is 0 Å². The van der Waals surface area contributed by atoms with Gasteiger partial charge in [-0.3, -0.25) is 9.78 Å². The van der Waals surface area contributed by atoms with Gasteiger partial charge in [-0.1, -0.05) is 11.6 Å². The Bertz CT molecular complexity index is 784. The molecule has 0 aliphatic heterocycles. The molecule has 0 fully saturated rings. The number of aromatic nitrogens is 3. The number of hydrogen-bond acceptors (Lipinski definition) is 3. The predicted molar refractivity (Wildman–Crippen MR) is 80.9 cm³/mol. The lowest BCUT2D eigenvalue weighted by Crippen LogP contribution is -2.24. The summed E-state index contributed by atoms with van der Waals surface area (Å²) in [4.78, 5) is 23.4. The number of hydrogen-bond donors (Lipinski definition) is 2. The Morgan fingerprint density at radius 2 is 2.19 bits per heavy atom. The first kappa shape index (κ1) is 13.6. The smallest absolute Gasteiger partial charge is 0.224 e. The van der Waals surface area contributed by atoms with Gasteiger partial charge in [0.1, 0.15) is 5.65 Å². The van der Waals surface area contributed by atoms with E-state index in [0.717, 1.165) is 22.3 Å². The minimum absolute atomic E-state index is 0.0680. The number of rotatable bonds is 4. The van der Waals surface area contributed by atoms with Gasteiger partial charge in [0, 0.05) is 29.0 Å². The van der Waals surface area contributed by atoms with Crippen LogP contribution >= 0.6 is 11.6 Å². The normalized spacial score (nSPS) is 10.7. The Hall–Kier alpha value is -2.40. The van der Waals surface area contributed by atoms with Crippen LogP contribution in [0.15, 0.2) is 42.9 Å². The van der Waals surface area contributed by atoms with Crippen molar-refractivity contribution in [2.24, 2.45) is 0 Å². The van der Waals surface area contributed by atoms with Crippen LogP contribution in [0.4, 0.5) is 0 Å². The van der Waals surface area contributed by atoms with Crippen LogP contribution in [0.2, 0.25) is 5.02 Å². The number of carbonyl (C=O) groups excluding carboxylic acids is 1. The fourth-order valence-corrected chi connectivity index (χ4v) is 2.31. The zero-order valence-corrected chi connectivity index (χ0v) is 11.9. The van der Waals surface area contributed by atoms with Crippen molar-refractivity contribution >= 4 is 28.5 Å². The average Bonchev–Trinajstić information content (AvgIpc) is 2.89. The van der Waals surface area contributed by atoms with Gasteiger partial charge >= 0.3 is 0 Å². The molecule has 1 amide bonds. The van der Waals surface area contributed by atoms with Crippen molar-refractivity contribution in [3.63, 3.8) is 0 Å². The molecule has 0 aliphatic rings. The Morgan fingerprint density at radius 1 is 1.29 bits per heavy atom. The van der Waals surface area contributed by atoms with Crippen molar-refractivity contribution < 1.29 is 4.79 Å². The fraction of sp³-hybridized carbons (Fsp3) is 0.133. The first-order chi connectivity index (χ1) is 10.2. The lowest BCUT2D eigenvalue weighted by atomic mass is 10.1. The molecule has 0 bridgehead atoms. The van der Waals surface area contributed by atoms with Crippen LogP contribution in [0.25, 0.3) is 11.0 Å². The summed E-state index contributed by atoms with van der Waals surface area (Å²) in [5.41, 5.74) is 2.45. The van der Waals surface area contributed by atoms with E-state index < -0.39 is 0 Å². The molecular formula is C15H13ClN4O. The van der Waals surface area contributed by atoms with Crippen molar-refractivity contribution in [3.05, 3.63) is 59.1 Å². The van der Waals surface area contributed by atoms with Crippen LogP contribution in [-0.2, 0) is 17.8 Å². The maximum absolute atomic E-state index is 12.0. The molecule has 0 atom stereocenters. The van der Waals surface area contributed by atoms with Crippen LogP contribution in [0.3, 0.4) is 0 Å². The van der Waals surface area contributed by atoms with Crippen molar-refractivity contribution in [3.8, 4) is 0 Å². The van der Waals surface area contributed by atoms with Gasteiger partial charge < -0.3 is 10.3 Å². The van der Waals surface area contributed by atoms with E-state index >= 15 is 0 Å². The van der Waals surface area contributed by atoms with E-state index in [9.17, 15) is 4.79 Å². The molecule has 0 saturated heterocycles. The molecule has 0 unspecified atom stereocenters. The molecule has 3 heterocycles. The Balaban J connectivity index is 1.64. The number of carbonyl (C=O) groups is 1. The predicted octanol–water partition coefficient (Wildman–Crippen LogP) is 2.47. The summed E-state index contributed by atoms with van der Waals surface area (Å²) in [6.07, 6.45) is 5.45. The maximum Gasteiger partial charge on any atom is 0.224 e. The third kappa shape index (κ3) is 3.20. The minimum Gasteiger partial charge on any atom is -0.350 e. The van der Waals surface area contributed by atoms with Crippen LogP contribution in [-0.4, -0.2) is 20.9 Å². The number of pyridine rings is 2.